The highest BCUT2D eigenvalue weighted by Gasteiger charge is 2.04. The quantitative estimate of drug-likeness (QED) is 0.740. The highest BCUT2D eigenvalue weighted by molar-refractivity contribution is 7.15. The summed E-state index contributed by atoms with van der Waals surface area (Å²) in [7, 11) is 1.63. The van der Waals surface area contributed by atoms with Crippen molar-refractivity contribution >= 4 is 22.5 Å². The second kappa shape index (κ2) is 6.31. The van der Waals surface area contributed by atoms with Gasteiger partial charge in [-0.15, -0.1) is 10.2 Å². The summed E-state index contributed by atoms with van der Waals surface area (Å²) in [5.74, 6) is 0. The van der Waals surface area contributed by atoms with Crippen molar-refractivity contribution in [1.82, 2.24) is 15.5 Å². The van der Waals surface area contributed by atoms with Crippen LogP contribution in [0.25, 0.3) is 0 Å². The van der Waals surface area contributed by atoms with Gasteiger partial charge in [0.15, 0.2) is 0 Å². The number of nitrogens with zero attached hydrogens (tertiary/aromatic N) is 2. The van der Waals surface area contributed by atoms with Crippen LogP contribution in [0.3, 0.4) is 0 Å². The van der Waals surface area contributed by atoms with Crippen molar-refractivity contribution < 1.29 is 9.53 Å². The van der Waals surface area contributed by atoms with Gasteiger partial charge in [-0.25, -0.2) is 4.79 Å². The second-order valence-corrected chi connectivity index (χ2v) is 4.04. The number of hydrogen-bond donors (Lipinski definition) is 2. The molecule has 0 aromatic carbocycles. The summed E-state index contributed by atoms with van der Waals surface area (Å²) in [5, 5.41) is 14.2. The van der Waals surface area contributed by atoms with E-state index < -0.39 is 0 Å². The SMILES string of the molecule is COCCCNC(=O)Nc1nnc(C)s1. The van der Waals surface area contributed by atoms with E-state index in [1.807, 2.05) is 6.92 Å². The minimum atomic E-state index is -0.262. The predicted molar refractivity (Wildman–Crippen MR) is 58.2 cm³/mol. The van der Waals surface area contributed by atoms with E-state index in [2.05, 4.69) is 20.8 Å². The molecule has 1 aromatic rings. The van der Waals surface area contributed by atoms with E-state index in [1.54, 1.807) is 7.11 Å². The Morgan fingerprint density at radius 3 is 2.93 bits per heavy atom. The first-order chi connectivity index (χ1) is 7.22. The van der Waals surface area contributed by atoms with Gasteiger partial charge >= 0.3 is 6.03 Å². The molecular formula is C8H14N4O2S. The Kier molecular flexibility index (Phi) is 4.99. The standard InChI is InChI=1S/C8H14N4O2S/c1-6-11-12-8(15-6)10-7(13)9-4-3-5-14-2/h3-5H2,1-2H3,(H2,9,10,12,13). The first-order valence-electron chi connectivity index (χ1n) is 4.56. The molecule has 84 valence electrons. The molecule has 2 amide bonds. The van der Waals surface area contributed by atoms with Gasteiger partial charge in [0.2, 0.25) is 5.13 Å². The zero-order chi connectivity index (χ0) is 11.1. The highest BCUT2D eigenvalue weighted by atomic mass is 32.1. The number of ether oxygens (including phenoxy) is 1. The molecule has 1 rings (SSSR count). The molecule has 1 heterocycles. The maximum Gasteiger partial charge on any atom is 0.321 e. The Morgan fingerprint density at radius 1 is 1.53 bits per heavy atom. The van der Waals surface area contributed by atoms with Crippen LogP contribution in [0.4, 0.5) is 9.93 Å². The van der Waals surface area contributed by atoms with Crippen LogP contribution in [-0.2, 0) is 4.74 Å². The number of carbonyl (C=O) groups excluding carboxylic acids is 1. The summed E-state index contributed by atoms with van der Waals surface area (Å²) in [5.41, 5.74) is 0. The highest BCUT2D eigenvalue weighted by Crippen LogP contribution is 2.12. The van der Waals surface area contributed by atoms with Crippen LogP contribution in [0.5, 0.6) is 0 Å². The van der Waals surface area contributed by atoms with Crippen molar-refractivity contribution in [3.63, 3.8) is 0 Å². The smallest absolute Gasteiger partial charge is 0.321 e. The number of amides is 2. The molecule has 1 aromatic heterocycles. The number of methoxy groups -OCH3 is 1. The lowest BCUT2D eigenvalue weighted by atomic mass is 10.4. The number of carbonyl (C=O) groups is 1. The molecule has 0 aliphatic carbocycles. The summed E-state index contributed by atoms with van der Waals surface area (Å²) in [4.78, 5) is 11.3. The van der Waals surface area contributed by atoms with E-state index >= 15 is 0 Å². The molecule has 7 heteroatoms. The van der Waals surface area contributed by atoms with Crippen LogP contribution in [0.1, 0.15) is 11.4 Å². The Morgan fingerprint density at radius 2 is 2.33 bits per heavy atom. The van der Waals surface area contributed by atoms with Crippen molar-refractivity contribution in [1.29, 1.82) is 0 Å². The largest absolute Gasteiger partial charge is 0.385 e. The van der Waals surface area contributed by atoms with Gasteiger partial charge in [0, 0.05) is 20.3 Å². The molecule has 6 nitrogen and oxygen atoms in total. The normalized spacial score (nSPS) is 10.0. The van der Waals surface area contributed by atoms with E-state index in [1.165, 1.54) is 11.3 Å². The number of aromatic nitrogens is 2. The van der Waals surface area contributed by atoms with E-state index in [-0.39, 0.29) is 6.03 Å². The minimum Gasteiger partial charge on any atom is -0.385 e. The maximum atomic E-state index is 11.3. The fraction of sp³-hybridized carbons (Fsp3) is 0.625. The fourth-order valence-corrected chi connectivity index (χ4v) is 1.49. The number of rotatable bonds is 5. The van der Waals surface area contributed by atoms with Crippen LogP contribution < -0.4 is 10.6 Å². The summed E-state index contributed by atoms with van der Waals surface area (Å²) in [6.45, 7) is 3.05. The number of hydrogen-bond acceptors (Lipinski definition) is 5. The molecule has 0 saturated heterocycles. The van der Waals surface area contributed by atoms with Gasteiger partial charge in [-0.05, 0) is 13.3 Å². The molecule has 2 N–H and O–H groups in total. The molecule has 0 radical (unpaired) electrons. The van der Waals surface area contributed by atoms with Gasteiger partial charge in [-0.2, -0.15) is 0 Å². The minimum absolute atomic E-state index is 0.262. The van der Waals surface area contributed by atoms with E-state index in [0.29, 0.717) is 18.3 Å². The summed E-state index contributed by atoms with van der Waals surface area (Å²) in [6, 6.07) is -0.262. The molecule has 0 unspecified atom stereocenters. The molecule has 0 aliphatic rings. The third-order valence-corrected chi connectivity index (χ3v) is 2.31. The summed E-state index contributed by atoms with van der Waals surface area (Å²) in [6.07, 6.45) is 0.791. The number of nitrogens with one attached hydrogen (secondary N) is 2. The fourth-order valence-electron chi connectivity index (χ4n) is 0.907. The van der Waals surface area contributed by atoms with Gasteiger partial charge in [-0.1, -0.05) is 11.3 Å². The first kappa shape index (κ1) is 11.9. The molecule has 0 bridgehead atoms. The van der Waals surface area contributed by atoms with Gasteiger partial charge in [0.25, 0.3) is 0 Å². The summed E-state index contributed by atoms with van der Waals surface area (Å²) < 4.78 is 4.85. The lowest BCUT2D eigenvalue weighted by molar-refractivity contribution is 0.194. The van der Waals surface area contributed by atoms with Crippen LogP contribution in [0.15, 0.2) is 0 Å². The van der Waals surface area contributed by atoms with Crippen molar-refractivity contribution in [2.45, 2.75) is 13.3 Å². The van der Waals surface area contributed by atoms with Crippen molar-refractivity contribution in [2.75, 3.05) is 25.6 Å². The average molecular weight is 230 g/mol. The van der Waals surface area contributed by atoms with Crippen LogP contribution in [-0.4, -0.2) is 36.5 Å². The van der Waals surface area contributed by atoms with Crippen LogP contribution >= 0.6 is 11.3 Å². The Hall–Kier alpha value is -1.21. The Balaban J connectivity index is 2.18. The molecule has 0 fully saturated rings. The maximum absolute atomic E-state index is 11.3. The summed E-state index contributed by atoms with van der Waals surface area (Å²) >= 11 is 1.34. The molecule has 0 atom stereocenters. The Labute approximate surface area is 92.0 Å². The molecule has 0 saturated carbocycles. The monoisotopic (exact) mass is 230 g/mol. The molecular weight excluding hydrogens is 216 g/mol. The van der Waals surface area contributed by atoms with Crippen LogP contribution in [0, 0.1) is 6.92 Å². The van der Waals surface area contributed by atoms with Gasteiger partial charge in [-0.3, -0.25) is 5.32 Å². The topological polar surface area (TPSA) is 76.1 Å². The molecule has 15 heavy (non-hydrogen) atoms. The third kappa shape index (κ3) is 4.71. The number of urea groups is 1. The van der Waals surface area contributed by atoms with Gasteiger partial charge in [0.05, 0.1) is 0 Å². The Bertz CT molecular complexity index is 315. The third-order valence-electron chi connectivity index (χ3n) is 1.56. The lowest BCUT2D eigenvalue weighted by Gasteiger charge is -2.03. The van der Waals surface area contributed by atoms with E-state index in [0.717, 1.165) is 11.4 Å². The zero-order valence-electron chi connectivity index (χ0n) is 8.74. The van der Waals surface area contributed by atoms with E-state index in [9.17, 15) is 4.79 Å². The predicted octanol–water partition coefficient (Wildman–Crippen LogP) is 1.00. The van der Waals surface area contributed by atoms with Gasteiger partial charge < -0.3 is 10.1 Å². The lowest BCUT2D eigenvalue weighted by Crippen LogP contribution is -2.29. The second-order valence-electron chi connectivity index (χ2n) is 2.85. The number of anilines is 1. The average Bonchev–Trinajstić information content (AvgIpc) is 2.59. The van der Waals surface area contributed by atoms with E-state index in [4.69, 9.17) is 4.74 Å². The molecule has 0 spiro atoms. The van der Waals surface area contributed by atoms with Gasteiger partial charge in [0.1, 0.15) is 5.01 Å². The van der Waals surface area contributed by atoms with Crippen molar-refractivity contribution in [2.24, 2.45) is 0 Å². The van der Waals surface area contributed by atoms with Crippen molar-refractivity contribution in [3.8, 4) is 0 Å². The zero-order valence-corrected chi connectivity index (χ0v) is 9.56. The molecule has 0 aliphatic heterocycles. The first-order valence-corrected chi connectivity index (χ1v) is 5.38. The van der Waals surface area contributed by atoms with Crippen molar-refractivity contribution in [3.05, 3.63) is 5.01 Å². The van der Waals surface area contributed by atoms with Crippen LogP contribution in [0.2, 0.25) is 0 Å². The number of aryl methyl sites for hydroxylation is 1.